The minimum Gasteiger partial charge on any atom is -0.493 e. The summed E-state index contributed by atoms with van der Waals surface area (Å²) in [6.07, 6.45) is 0. The summed E-state index contributed by atoms with van der Waals surface area (Å²) in [5.41, 5.74) is 1.61. The van der Waals surface area contributed by atoms with Gasteiger partial charge in [0.25, 0.3) is 0 Å². The molecule has 6 heteroatoms. The summed E-state index contributed by atoms with van der Waals surface area (Å²) in [6, 6.07) is 19.7. The summed E-state index contributed by atoms with van der Waals surface area (Å²) in [4.78, 5) is 37.0. The number of carbonyl (C=O) groups excluding carboxylic acids is 3. The average Bonchev–Trinajstić information content (AvgIpc) is 2.82. The molecular weight excluding hydrogens is 384 g/mol. The van der Waals surface area contributed by atoms with Crippen molar-refractivity contribution in [1.82, 2.24) is 0 Å². The highest BCUT2D eigenvalue weighted by molar-refractivity contribution is 6.09. The van der Waals surface area contributed by atoms with Gasteiger partial charge in [-0.3, -0.25) is 9.59 Å². The summed E-state index contributed by atoms with van der Waals surface area (Å²) < 4.78 is 15.4. The van der Waals surface area contributed by atoms with Crippen molar-refractivity contribution in [2.24, 2.45) is 0 Å². The Hall–Kier alpha value is -3.93. The molecule has 3 aromatic carbocycles. The third-order valence-corrected chi connectivity index (χ3v) is 4.46. The van der Waals surface area contributed by atoms with E-state index in [0.717, 1.165) is 0 Å². The van der Waals surface area contributed by atoms with Gasteiger partial charge in [0.1, 0.15) is 0 Å². The van der Waals surface area contributed by atoms with Crippen LogP contribution in [0.25, 0.3) is 0 Å². The Labute approximate surface area is 174 Å². The molecule has 0 atom stereocenters. The second-order valence-corrected chi connectivity index (χ2v) is 6.34. The van der Waals surface area contributed by atoms with Gasteiger partial charge in [-0.05, 0) is 30.3 Å². The van der Waals surface area contributed by atoms with Crippen LogP contribution < -0.4 is 9.47 Å². The van der Waals surface area contributed by atoms with Crippen molar-refractivity contribution in [2.75, 3.05) is 20.8 Å². The van der Waals surface area contributed by atoms with Gasteiger partial charge in [0.05, 0.1) is 19.8 Å². The highest BCUT2D eigenvalue weighted by atomic mass is 16.5. The molecule has 0 unspecified atom stereocenters. The third kappa shape index (κ3) is 4.72. The molecule has 30 heavy (non-hydrogen) atoms. The molecule has 3 rings (SSSR count). The Morgan fingerprint density at radius 3 is 1.87 bits per heavy atom. The van der Waals surface area contributed by atoms with E-state index in [0.29, 0.717) is 28.2 Å². The van der Waals surface area contributed by atoms with Crippen molar-refractivity contribution in [3.05, 3.63) is 95.1 Å². The first-order chi connectivity index (χ1) is 14.5. The largest absolute Gasteiger partial charge is 0.493 e. The van der Waals surface area contributed by atoms with Crippen molar-refractivity contribution >= 4 is 17.5 Å². The molecular formula is C24H20O6. The van der Waals surface area contributed by atoms with Crippen LogP contribution in [0.3, 0.4) is 0 Å². The molecule has 152 valence electrons. The van der Waals surface area contributed by atoms with Gasteiger partial charge in [-0.2, -0.15) is 0 Å². The van der Waals surface area contributed by atoms with E-state index in [2.05, 4.69) is 0 Å². The van der Waals surface area contributed by atoms with Gasteiger partial charge in [-0.15, -0.1) is 0 Å². The van der Waals surface area contributed by atoms with Gasteiger partial charge >= 0.3 is 5.97 Å². The molecule has 0 N–H and O–H groups in total. The molecule has 0 fully saturated rings. The summed E-state index contributed by atoms with van der Waals surface area (Å²) in [7, 11) is 2.97. The maximum atomic E-state index is 12.4. The molecule has 0 amide bonds. The van der Waals surface area contributed by atoms with Gasteiger partial charge in [-0.25, -0.2) is 4.79 Å². The molecule has 0 saturated carbocycles. The fourth-order valence-corrected chi connectivity index (χ4v) is 2.82. The molecule has 0 aliphatic carbocycles. The van der Waals surface area contributed by atoms with Gasteiger partial charge in [0.15, 0.2) is 29.7 Å². The molecule has 6 nitrogen and oxygen atoms in total. The van der Waals surface area contributed by atoms with Gasteiger partial charge in [0.2, 0.25) is 0 Å². The topological polar surface area (TPSA) is 78.9 Å². The number of hydrogen-bond acceptors (Lipinski definition) is 6. The Balaban J connectivity index is 1.62. The van der Waals surface area contributed by atoms with Crippen LogP contribution in [0.2, 0.25) is 0 Å². The highest BCUT2D eigenvalue weighted by Gasteiger charge is 2.15. The zero-order valence-electron chi connectivity index (χ0n) is 16.6. The summed E-state index contributed by atoms with van der Waals surface area (Å²) in [5, 5.41) is 0. The lowest BCUT2D eigenvalue weighted by molar-refractivity contribution is 0.0474. The van der Waals surface area contributed by atoms with E-state index in [1.165, 1.54) is 32.4 Å². The average molecular weight is 404 g/mol. The van der Waals surface area contributed by atoms with Crippen LogP contribution in [-0.2, 0) is 4.74 Å². The number of hydrogen-bond donors (Lipinski definition) is 0. The molecule has 0 radical (unpaired) electrons. The van der Waals surface area contributed by atoms with Crippen LogP contribution in [0, 0.1) is 0 Å². The van der Waals surface area contributed by atoms with Crippen LogP contribution in [0.4, 0.5) is 0 Å². The summed E-state index contributed by atoms with van der Waals surface area (Å²) >= 11 is 0. The SMILES string of the molecule is COc1ccc(C(=O)COC(=O)c2ccc(C(=O)c3ccccc3)cc2)cc1OC. The molecule has 0 aliphatic rings. The van der Waals surface area contributed by atoms with Crippen LogP contribution in [0.15, 0.2) is 72.8 Å². The first-order valence-electron chi connectivity index (χ1n) is 9.15. The van der Waals surface area contributed by atoms with Gasteiger partial charge in [-0.1, -0.05) is 42.5 Å². The Morgan fingerprint density at radius 2 is 1.23 bits per heavy atom. The van der Waals surface area contributed by atoms with Crippen LogP contribution in [0.5, 0.6) is 11.5 Å². The lowest BCUT2D eigenvalue weighted by Crippen LogP contribution is -2.14. The maximum absolute atomic E-state index is 12.4. The molecule has 0 saturated heterocycles. The fraction of sp³-hybridized carbons (Fsp3) is 0.125. The van der Waals surface area contributed by atoms with E-state index < -0.39 is 12.6 Å². The van der Waals surface area contributed by atoms with E-state index in [9.17, 15) is 14.4 Å². The van der Waals surface area contributed by atoms with Crippen LogP contribution in [0.1, 0.15) is 36.6 Å². The van der Waals surface area contributed by atoms with E-state index in [1.807, 2.05) is 6.07 Å². The Kier molecular flexibility index (Phi) is 6.60. The smallest absolute Gasteiger partial charge is 0.338 e. The predicted octanol–water partition coefficient (Wildman–Crippen LogP) is 3.97. The summed E-state index contributed by atoms with van der Waals surface area (Å²) in [6.45, 7) is -0.418. The lowest BCUT2D eigenvalue weighted by atomic mass is 10.0. The fourth-order valence-electron chi connectivity index (χ4n) is 2.82. The number of benzene rings is 3. The third-order valence-electron chi connectivity index (χ3n) is 4.46. The Morgan fingerprint density at radius 1 is 0.667 bits per heavy atom. The quantitative estimate of drug-likeness (QED) is 0.417. The second-order valence-electron chi connectivity index (χ2n) is 6.34. The van der Waals surface area contributed by atoms with E-state index in [-0.39, 0.29) is 17.1 Å². The number of methoxy groups -OCH3 is 2. The number of esters is 1. The van der Waals surface area contributed by atoms with Crippen LogP contribution in [-0.4, -0.2) is 38.4 Å². The van der Waals surface area contributed by atoms with Gasteiger partial charge < -0.3 is 14.2 Å². The number of ketones is 2. The monoisotopic (exact) mass is 404 g/mol. The number of ether oxygens (including phenoxy) is 3. The zero-order valence-corrected chi connectivity index (χ0v) is 16.6. The predicted molar refractivity (Wildman–Crippen MR) is 110 cm³/mol. The molecule has 0 aromatic heterocycles. The Bertz CT molecular complexity index is 1050. The minimum atomic E-state index is -0.650. The summed E-state index contributed by atoms with van der Waals surface area (Å²) in [5.74, 6) is -0.258. The normalized spacial score (nSPS) is 10.2. The van der Waals surface area contributed by atoms with E-state index in [1.54, 1.807) is 48.5 Å². The van der Waals surface area contributed by atoms with Gasteiger partial charge in [0, 0.05) is 16.7 Å². The van der Waals surface area contributed by atoms with Crippen molar-refractivity contribution < 1.29 is 28.6 Å². The van der Waals surface area contributed by atoms with E-state index >= 15 is 0 Å². The van der Waals surface area contributed by atoms with Crippen molar-refractivity contribution in [1.29, 1.82) is 0 Å². The van der Waals surface area contributed by atoms with E-state index in [4.69, 9.17) is 14.2 Å². The first-order valence-corrected chi connectivity index (χ1v) is 9.15. The maximum Gasteiger partial charge on any atom is 0.338 e. The standard InChI is InChI=1S/C24H20O6/c1-28-21-13-12-19(14-22(21)29-2)20(25)15-30-24(27)18-10-8-17(9-11-18)23(26)16-6-4-3-5-7-16/h3-14H,15H2,1-2H3. The van der Waals surface area contributed by atoms with Crippen molar-refractivity contribution in [3.63, 3.8) is 0 Å². The number of rotatable bonds is 8. The number of Topliss-reactive ketones (excluding diaryl/α,β-unsaturated/α-hetero) is 1. The first kappa shape index (κ1) is 20.8. The molecule has 0 bridgehead atoms. The molecule has 0 spiro atoms. The molecule has 0 aliphatic heterocycles. The van der Waals surface area contributed by atoms with Crippen LogP contribution >= 0.6 is 0 Å². The second kappa shape index (κ2) is 9.52. The molecule has 3 aromatic rings. The zero-order chi connectivity index (χ0) is 21.5. The van der Waals surface area contributed by atoms with Crippen molar-refractivity contribution in [3.8, 4) is 11.5 Å². The lowest BCUT2D eigenvalue weighted by Gasteiger charge is -2.09. The number of carbonyl (C=O) groups is 3. The van der Waals surface area contributed by atoms with Crippen molar-refractivity contribution in [2.45, 2.75) is 0 Å². The minimum absolute atomic E-state index is 0.140. The molecule has 0 heterocycles. The highest BCUT2D eigenvalue weighted by Crippen LogP contribution is 2.27.